The van der Waals surface area contributed by atoms with Gasteiger partial charge in [0.25, 0.3) is 0 Å². The number of rotatable bonds is 5. The second-order valence-electron chi connectivity index (χ2n) is 7.50. The summed E-state index contributed by atoms with van der Waals surface area (Å²) in [5.74, 6) is 0.666. The van der Waals surface area contributed by atoms with Gasteiger partial charge in [0.2, 0.25) is 11.1 Å². The Morgan fingerprint density at radius 1 is 1.06 bits per heavy atom. The zero-order chi connectivity index (χ0) is 20.9. The molecule has 5 heterocycles. The van der Waals surface area contributed by atoms with E-state index in [9.17, 15) is 4.79 Å². The number of hydrogen-bond acceptors (Lipinski definition) is 7. The van der Waals surface area contributed by atoms with E-state index in [2.05, 4.69) is 30.7 Å². The lowest BCUT2D eigenvalue weighted by Crippen LogP contribution is -2.13. The second kappa shape index (κ2) is 6.91. The Kier molecular flexibility index (Phi) is 4.03. The van der Waals surface area contributed by atoms with Crippen LogP contribution in [0.3, 0.4) is 0 Å². The highest BCUT2D eigenvalue weighted by atomic mass is 32.2. The number of aryl methyl sites for hydroxylation is 1. The number of hydrogen-bond donors (Lipinski definition) is 1. The average molecular weight is 431 g/mol. The lowest BCUT2D eigenvalue weighted by molar-refractivity contribution is -0.117. The molecule has 0 spiro atoms. The SMILES string of the molecule is Cn1cc(-c2ccc3nnc(Sc4ccc5nc(NC(=O)C6CC6)cn5n4)n3c2)cn1. The molecule has 0 unspecified atom stereocenters. The number of nitrogens with zero attached hydrogens (tertiary/aromatic N) is 8. The van der Waals surface area contributed by atoms with Gasteiger partial charge in [-0.15, -0.1) is 10.2 Å². The van der Waals surface area contributed by atoms with Gasteiger partial charge in [0.05, 0.1) is 12.4 Å². The van der Waals surface area contributed by atoms with Crippen molar-refractivity contribution < 1.29 is 4.79 Å². The van der Waals surface area contributed by atoms with Crippen LogP contribution in [0.2, 0.25) is 0 Å². The highest BCUT2D eigenvalue weighted by molar-refractivity contribution is 7.99. The van der Waals surface area contributed by atoms with Crippen LogP contribution >= 0.6 is 11.8 Å². The zero-order valence-electron chi connectivity index (χ0n) is 16.5. The molecule has 1 N–H and O–H groups in total. The Labute approximate surface area is 180 Å². The number of anilines is 1. The van der Waals surface area contributed by atoms with Gasteiger partial charge in [-0.1, -0.05) is 0 Å². The Morgan fingerprint density at radius 2 is 1.94 bits per heavy atom. The highest BCUT2D eigenvalue weighted by Gasteiger charge is 2.30. The van der Waals surface area contributed by atoms with Crippen molar-refractivity contribution in [2.24, 2.45) is 13.0 Å². The Bertz CT molecular complexity index is 1450. The van der Waals surface area contributed by atoms with Gasteiger partial charge in [-0.25, -0.2) is 9.50 Å². The van der Waals surface area contributed by atoms with E-state index >= 15 is 0 Å². The third-order valence-corrected chi connectivity index (χ3v) is 5.99. The molecule has 0 saturated heterocycles. The number of nitrogens with one attached hydrogen (secondary N) is 1. The molecular weight excluding hydrogens is 414 g/mol. The minimum Gasteiger partial charge on any atom is -0.309 e. The minimum atomic E-state index is 0.0253. The van der Waals surface area contributed by atoms with Crippen molar-refractivity contribution in [1.29, 1.82) is 0 Å². The fourth-order valence-electron chi connectivity index (χ4n) is 3.33. The van der Waals surface area contributed by atoms with Gasteiger partial charge in [0.15, 0.2) is 17.1 Å². The normalized spacial score (nSPS) is 13.8. The van der Waals surface area contributed by atoms with E-state index in [0.29, 0.717) is 16.6 Å². The molecule has 5 aromatic heterocycles. The molecule has 0 radical (unpaired) electrons. The van der Waals surface area contributed by atoms with Crippen molar-refractivity contribution in [2.75, 3.05) is 5.32 Å². The summed E-state index contributed by atoms with van der Waals surface area (Å²) in [6.07, 6.45) is 9.41. The molecule has 10 nitrogen and oxygen atoms in total. The summed E-state index contributed by atoms with van der Waals surface area (Å²) in [6, 6.07) is 7.68. The Balaban J connectivity index is 1.29. The van der Waals surface area contributed by atoms with E-state index in [1.54, 1.807) is 15.4 Å². The summed E-state index contributed by atoms with van der Waals surface area (Å²) >= 11 is 1.41. The van der Waals surface area contributed by atoms with Gasteiger partial charge in [-0.2, -0.15) is 10.2 Å². The van der Waals surface area contributed by atoms with Gasteiger partial charge in [0, 0.05) is 36.5 Å². The summed E-state index contributed by atoms with van der Waals surface area (Å²) in [5, 5.41) is 21.7. The maximum atomic E-state index is 12.0. The molecule has 5 aromatic rings. The quantitative estimate of drug-likeness (QED) is 0.456. The van der Waals surface area contributed by atoms with E-state index in [0.717, 1.165) is 34.6 Å². The van der Waals surface area contributed by atoms with Crippen LogP contribution in [-0.4, -0.2) is 44.9 Å². The molecule has 0 aromatic carbocycles. The van der Waals surface area contributed by atoms with Crippen molar-refractivity contribution in [3.05, 3.63) is 49.1 Å². The number of pyridine rings is 1. The van der Waals surface area contributed by atoms with Crippen LogP contribution in [-0.2, 0) is 11.8 Å². The third-order valence-electron chi connectivity index (χ3n) is 5.10. The van der Waals surface area contributed by atoms with Gasteiger partial charge in [-0.3, -0.25) is 13.9 Å². The largest absolute Gasteiger partial charge is 0.309 e. The molecule has 1 aliphatic rings. The number of carbonyl (C=O) groups is 1. The number of fused-ring (bicyclic) bond motifs is 2. The van der Waals surface area contributed by atoms with Crippen LogP contribution in [0, 0.1) is 5.92 Å². The Hall–Kier alpha value is -3.73. The van der Waals surface area contributed by atoms with Gasteiger partial charge < -0.3 is 5.32 Å². The summed E-state index contributed by atoms with van der Waals surface area (Å²) in [7, 11) is 1.89. The van der Waals surface area contributed by atoms with E-state index in [4.69, 9.17) is 0 Å². The average Bonchev–Trinajstić information content (AvgIpc) is 3.23. The van der Waals surface area contributed by atoms with Crippen molar-refractivity contribution in [3.8, 4) is 11.1 Å². The summed E-state index contributed by atoms with van der Waals surface area (Å²) in [6.45, 7) is 0. The third kappa shape index (κ3) is 3.42. The molecule has 1 amide bonds. The van der Waals surface area contributed by atoms with Crippen LogP contribution in [0.4, 0.5) is 5.82 Å². The van der Waals surface area contributed by atoms with Crippen molar-refractivity contribution in [2.45, 2.75) is 23.0 Å². The van der Waals surface area contributed by atoms with Crippen LogP contribution in [0.25, 0.3) is 22.4 Å². The van der Waals surface area contributed by atoms with Crippen molar-refractivity contribution in [3.63, 3.8) is 0 Å². The summed E-state index contributed by atoms with van der Waals surface area (Å²) < 4.78 is 5.37. The second-order valence-corrected chi connectivity index (χ2v) is 8.48. The molecule has 11 heteroatoms. The number of carbonyl (C=O) groups excluding carboxylic acids is 1. The minimum absolute atomic E-state index is 0.0253. The molecule has 154 valence electrons. The molecule has 0 aliphatic heterocycles. The smallest absolute Gasteiger partial charge is 0.228 e. The van der Waals surface area contributed by atoms with Crippen LogP contribution < -0.4 is 5.32 Å². The van der Waals surface area contributed by atoms with Crippen molar-refractivity contribution >= 4 is 34.8 Å². The fraction of sp³-hybridized carbons (Fsp3) is 0.200. The number of imidazole rings is 1. The number of aromatic nitrogens is 8. The predicted octanol–water partition coefficient (Wildman–Crippen LogP) is 2.67. The van der Waals surface area contributed by atoms with Gasteiger partial charge in [0.1, 0.15) is 5.03 Å². The molecule has 0 bridgehead atoms. The van der Waals surface area contributed by atoms with E-state index < -0.39 is 0 Å². The molecule has 1 saturated carbocycles. The van der Waals surface area contributed by atoms with Crippen LogP contribution in [0.5, 0.6) is 0 Å². The van der Waals surface area contributed by atoms with E-state index in [1.807, 2.05) is 54.3 Å². The topological polar surface area (TPSA) is 107 Å². The number of amides is 1. The molecule has 31 heavy (non-hydrogen) atoms. The fourth-order valence-corrected chi connectivity index (χ4v) is 4.11. The standard InChI is InChI=1S/C20H17N9OS/c1-27-9-14(8-21-27)13-4-5-17-24-25-20(28(17)10-13)31-18-7-6-16-22-15(11-29(16)26-18)23-19(30)12-2-3-12/h4-12H,2-3H2,1H3,(H,23,30). The van der Waals surface area contributed by atoms with Crippen LogP contribution in [0.1, 0.15) is 12.8 Å². The first-order valence-electron chi connectivity index (χ1n) is 9.81. The summed E-state index contributed by atoms with van der Waals surface area (Å²) in [5.41, 5.74) is 3.47. The summed E-state index contributed by atoms with van der Waals surface area (Å²) in [4.78, 5) is 16.4. The molecule has 1 fully saturated rings. The lowest BCUT2D eigenvalue weighted by atomic mass is 10.2. The van der Waals surface area contributed by atoms with E-state index in [1.165, 1.54) is 11.8 Å². The zero-order valence-corrected chi connectivity index (χ0v) is 17.3. The first-order valence-corrected chi connectivity index (χ1v) is 10.6. The predicted molar refractivity (Wildman–Crippen MR) is 114 cm³/mol. The van der Waals surface area contributed by atoms with Crippen LogP contribution in [0.15, 0.2) is 59.2 Å². The molecule has 6 rings (SSSR count). The molecular formula is C20H17N9OS. The van der Waals surface area contributed by atoms with E-state index in [-0.39, 0.29) is 11.8 Å². The first kappa shape index (κ1) is 18.1. The van der Waals surface area contributed by atoms with Gasteiger partial charge >= 0.3 is 0 Å². The first-order chi connectivity index (χ1) is 15.1. The highest BCUT2D eigenvalue weighted by Crippen LogP contribution is 2.30. The lowest BCUT2D eigenvalue weighted by Gasteiger charge is -2.02. The monoisotopic (exact) mass is 431 g/mol. The Morgan fingerprint density at radius 3 is 2.74 bits per heavy atom. The molecule has 1 aliphatic carbocycles. The maximum Gasteiger partial charge on any atom is 0.228 e. The maximum absolute atomic E-state index is 12.0. The van der Waals surface area contributed by atoms with Crippen molar-refractivity contribution in [1.82, 2.24) is 39.0 Å². The van der Waals surface area contributed by atoms with Gasteiger partial charge in [-0.05, 0) is 48.9 Å². The molecule has 0 atom stereocenters.